The topological polar surface area (TPSA) is 87.1 Å². The molecular formula is C11H8N2O2. The average Bonchev–Trinajstić information content (AvgIpc) is 2.20. The van der Waals surface area contributed by atoms with Crippen molar-refractivity contribution in [1.82, 2.24) is 0 Å². The molecule has 0 atom stereocenters. The first-order chi connectivity index (χ1) is 7.16. The predicted molar refractivity (Wildman–Crippen MR) is 54.9 cm³/mol. The van der Waals surface area contributed by atoms with E-state index in [0.717, 1.165) is 0 Å². The molecule has 1 aromatic rings. The Morgan fingerprint density at radius 2 is 2.27 bits per heavy atom. The second kappa shape index (κ2) is 4.69. The molecule has 0 heterocycles. The van der Waals surface area contributed by atoms with Crippen molar-refractivity contribution in [3.8, 4) is 17.9 Å². The Labute approximate surface area is 86.9 Å². The fourth-order valence-electron chi connectivity index (χ4n) is 1.06. The van der Waals surface area contributed by atoms with Crippen molar-refractivity contribution in [2.45, 2.75) is 6.42 Å². The van der Waals surface area contributed by atoms with Gasteiger partial charge in [0.25, 0.3) is 0 Å². The van der Waals surface area contributed by atoms with Gasteiger partial charge >= 0.3 is 5.97 Å². The Balaban J connectivity index is 3.22. The number of anilines is 1. The van der Waals surface area contributed by atoms with Crippen LogP contribution in [-0.4, -0.2) is 11.1 Å². The molecule has 0 unspecified atom stereocenters. The van der Waals surface area contributed by atoms with Crippen molar-refractivity contribution >= 4 is 11.7 Å². The van der Waals surface area contributed by atoms with E-state index in [9.17, 15) is 4.79 Å². The third kappa shape index (κ3) is 2.49. The van der Waals surface area contributed by atoms with E-state index in [-0.39, 0.29) is 17.5 Å². The van der Waals surface area contributed by atoms with Crippen LogP contribution in [-0.2, 0) is 0 Å². The number of nitrogen functional groups attached to an aromatic ring is 1. The quantitative estimate of drug-likeness (QED) is 0.527. The molecule has 1 aromatic carbocycles. The van der Waals surface area contributed by atoms with Crippen LogP contribution < -0.4 is 5.73 Å². The van der Waals surface area contributed by atoms with Crippen LogP contribution in [0.5, 0.6) is 0 Å². The minimum Gasteiger partial charge on any atom is -0.478 e. The molecule has 0 bridgehead atoms. The number of hydrogen-bond donors (Lipinski definition) is 2. The van der Waals surface area contributed by atoms with Gasteiger partial charge in [0.15, 0.2) is 0 Å². The number of nitrogens with two attached hydrogens (primary N) is 1. The van der Waals surface area contributed by atoms with Gasteiger partial charge in [-0.15, -0.1) is 0 Å². The van der Waals surface area contributed by atoms with Gasteiger partial charge in [-0.1, -0.05) is 17.9 Å². The van der Waals surface area contributed by atoms with Crippen LogP contribution >= 0.6 is 0 Å². The van der Waals surface area contributed by atoms with Crippen LogP contribution in [0.4, 0.5) is 5.69 Å². The van der Waals surface area contributed by atoms with Gasteiger partial charge in [-0.3, -0.25) is 0 Å². The molecule has 3 N–H and O–H groups in total. The van der Waals surface area contributed by atoms with Crippen LogP contribution in [0, 0.1) is 23.2 Å². The van der Waals surface area contributed by atoms with Gasteiger partial charge in [0.2, 0.25) is 0 Å². The molecule has 0 aliphatic rings. The van der Waals surface area contributed by atoms with Crippen LogP contribution in [0.15, 0.2) is 18.2 Å². The van der Waals surface area contributed by atoms with Crippen molar-refractivity contribution in [3.05, 3.63) is 29.3 Å². The summed E-state index contributed by atoms with van der Waals surface area (Å²) in [5, 5.41) is 17.2. The standard InChI is InChI=1S/C11H8N2O2/c12-7-2-1-4-8-9(11(14)15)5-3-6-10(8)13/h3,5-6H,2,13H2,(H,14,15). The van der Waals surface area contributed by atoms with Gasteiger partial charge in [-0.2, -0.15) is 5.26 Å². The monoisotopic (exact) mass is 200 g/mol. The third-order valence-electron chi connectivity index (χ3n) is 1.71. The number of carboxylic acids is 1. The molecule has 0 fully saturated rings. The Hall–Kier alpha value is -2.46. The van der Waals surface area contributed by atoms with Gasteiger partial charge < -0.3 is 10.8 Å². The number of nitrogens with zero attached hydrogens (tertiary/aromatic N) is 1. The predicted octanol–water partition coefficient (Wildman–Crippen LogP) is 1.23. The van der Waals surface area contributed by atoms with E-state index in [1.807, 2.05) is 6.07 Å². The maximum Gasteiger partial charge on any atom is 0.337 e. The Morgan fingerprint density at radius 1 is 1.53 bits per heavy atom. The van der Waals surface area contributed by atoms with Crippen LogP contribution in [0.3, 0.4) is 0 Å². The zero-order chi connectivity index (χ0) is 11.3. The van der Waals surface area contributed by atoms with Crippen LogP contribution in [0.25, 0.3) is 0 Å². The van der Waals surface area contributed by atoms with Gasteiger partial charge in [0.05, 0.1) is 23.6 Å². The van der Waals surface area contributed by atoms with Gasteiger partial charge in [-0.25, -0.2) is 4.79 Å². The van der Waals surface area contributed by atoms with Crippen molar-refractivity contribution in [3.63, 3.8) is 0 Å². The maximum absolute atomic E-state index is 10.8. The highest BCUT2D eigenvalue weighted by molar-refractivity contribution is 5.92. The number of carbonyl (C=O) groups is 1. The lowest BCUT2D eigenvalue weighted by Crippen LogP contribution is -2.03. The smallest absolute Gasteiger partial charge is 0.337 e. The fourth-order valence-corrected chi connectivity index (χ4v) is 1.06. The molecule has 0 aliphatic heterocycles. The molecule has 74 valence electrons. The normalized spacial score (nSPS) is 8.47. The minimum atomic E-state index is -1.08. The van der Waals surface area contributed by atoms with E-state index in [1.165, 1.54) is 6.07 Å². The zero-order valence-corrected chi connectivity index (χ0v) is 7.82. The third-order valence-corrected chi connectivity index (χ3v) is 1.71. The second-order valence-corrected chi connectivity index (χ2v) is 2.71. The zero-order valence-electron chi connectivity index (χ0n) is 7.82. The summed E-state index contributed by atoms with van der Waals surface area (Å²) in [7, 11) is 0. The highest BCUT2D eigenvalue weighted by Gasteiger charge is 2.09. The summed E-state index contributed by atoms with van der Waals surface area (Å²) < 4.78 is 0. The highest BCUT2D eigenvalue weighted by atomic mass is 16.4. The first-order valence-electron chi connectivity index (χ1n) is 4.14. The molecule has 15 heavy (non-hydrogen) atoms. The lowest BCUT2D eigenvalue weighted by Gasteiger charge is -2.01. The molecule has 1 rings (SSSR count). The summed E-state index contributed by atoms with van der Waals surface area (Å²) in [6.07, 6.45) is 0.0490. The van der Waals surface area contributed by atoms with Crippen molar-refractivity contribution in [1.29, 1.82) is 5.26 Å². The summed E-state index contributed by atoms with van der Waals surface area (Å²) in [5.41, 5.74) is 6.22. The SMILES string of the molecule is N#CCC#Cc1c(N)cccc1C(=O)O. The van der Waals surface area contributed by atoms with Gasteiger partial charge in [-0.05, 0) is 12.1 Å². The van der Waals surface area contributed by atoms with Crippen LogP contribution in [0.2, 0.25) is 0 Å². The maximum atomic E-state index is 10.8. The van der Waals surface area contributed by atoms with E-state index in [4.69, 9.17) is 16.1 Å². The minimum absolute atomic E-state index is 0.0490. The van der Waals surface area contributed by atoms with E-state index in [1.54, 1.807) is 12.1 Å². The number of aromatic carboxylic acids is 1. The molecule has 4 heteroatoms. The van der Waals surface area contributed by atoms with E-state index in [2.05, 4.69) is 11.8 Å². The first-order valence-corrected chi connectivity index (χ1v) is 4.14. The van der Waals surface area contributed by atoms with Crippen molar-refractivity contribution in [2.24, 2.45) is 0 Å². The number of rotatable bonds is 1. The molecule has 0 saturated carbocycles. The molecular weight excluding hydrogens is 192 g/mol. The number of hydrogen-bond acceptors (Lipinski definition) is 3. The molecule has 0 aromatic heterocycles. The summed E-state index contributed by atoms with van der Waals surface area (Å²) in [6.45, 7) is 0. The lowest BCUT2D eigenvalue weighted by atomic mass is 10.1. The molecule has 4 nitrogen and oxygen atoms in total. The van der Waals surface area contributed by atoms with E-state index >= 15 is 0 Å². The molecule has 0 amide bonds. The Kier molecular flexibility index (Phi) is 3.32. The number of carboxylic acid groups (broad SMARTS) is 1. The number of nitriles is 1. The lowest BCUT2D eigenvalue weighted by molar-refractivity contribution is 0.0696. The summed E-state index contributed by atoms with van der Waals surface area (Å²) in [5.74, 6) is 4.04. The van der Waals surface area contributed by atoms with E-state index < -0.39 is 5.97 Å². The largest absolute Gasteiger partial charge is 0.478 e. The molecule has 0 aliphatic carbocycles. The van der Waals surface area contributed by atoms with E-state index in [0.29, 0.717) is 5.69 Å². The Bertz CT molecular complexity index is 490. The fraction of sp³-hybridized carbons (Fsp3) is 0.0909. The summed E-state index contributed by atoms with van der Waals surface area (Å²) >= 11 is 0. The molecule has 0 radical (unpaired) electrons. The average molecular weight is 200 g/mol. The molecule has 0 spiro atoms. The number of benzene rings is 1. The second-order valence-electron chi connectivity index (χ2n) is 2.71. The highest BCUT2D eigenvalue weighted by Crippen LogP contribution is 2.15. The van der Waals surface area contributed by atoms with Crippen LogP contribution in [0.1, 0.15) is 22.3 Å². The first kappa shape index (κ1) is 10.6. The summed E-state index contributed by atoms with van der Waals surface area (Å²) in [6, 6.07) is 6.39. The van der Waals surface area contributed by atoms with Crippen molar-refractivity contribution in [2.75, 3.05) is 5.73 Å². The summed E-state index contributed by atoms with van der Waals surface area (Å²) in [4.78, 5) is 10.8. The Morgan fingerprint density at radius 3 is 2.87 bits per heavy atom. The van der Waals surface area contributed by atoms with Gasteiger partial charge in [0.1, 0.15) is 0 Å². The van der Waals surface area contributed by atoms with Gasteiger partial charge in [0, 0.05) is 5.69 Å². The molecule has 0 saturated heterocycles. The van der Waals surface area contributed by atoms with Crippen molar-refractivity contribution < 1.29 is 9.90 Å².